The lowest BCUT2D eigenvalue weighted by Crippen LogP contribution is -2.36. The number of rotatable bonds is 4. The fourth-order valence-corrected chi connectivity index (χ4v) is 3.15. The highest BCUT2D eigenvalue weighted by molar-refractivity contribution is 7.80. The zero-order chi connectivity index (χ0) is 14.8. The topological polar surface area (TPSA) is 29.3 Å². The second kappa shape index (κ2) is 6.23. The van der Waals surface area contributed by atoms with E-state index in [0.29, 0.717) is 10.4 Å². The summed E-state index contributed by atoms with van der Waals surface area (Å²) in [5, 5.41) is 0. The van der Waals surface area contributed by atoms with E-state index in [2.05, 4.69) is 37.9 Å². The molecule has 20 heavy (non-hydrogen) atoms. The standard InChI is InChI=1S/C17H26N2S/c1-17(2)10-8-15(9-11-17)19(3)12-13-4-6-14(7-5-13)16(18)20/h4-7,15H,8-12H2,1-3H3,(H2,18,20). The number of benzene rings is 1. The van der Waals surface area contributed by atoms with Crippen LogP contribution in [0, 0.1) is 5.41 Å². The van der Waals surface area contributed by atoms with Gasteiger partial charge < -0.3 is 5.73 Å². The molecule has 1 aliphatic carbocycles. The van der Waals surface area contributed by atoms with E-state index >= 15 is 0 Å². The molecule has 0 bridgehead atoms. The molecule has 0 atom stereocenters. The van der Waals surface area contributed by atoms with Crippen molar-refractivity contribution in [3.05, 3.63) is 35.4 Å². The molecule has 3 heteroatoms. The molecule has 1 saturated carbocycles. The fraction of sp³-hybridized carbons (Fsp3) is 0.588. The predicted octanol–water partition coefficient (Wildman–Crippen LogP) is 3.72. The first-order valence-electron chi connectivity index (χ1n) is 7.46. The van der Waals surface area contributed by atoms with Crippen LogP contribution in [0.2, 0.25) is 0 Å². The van der Waals surface area contributed by atoms with Crippen molar-refractivity contribution in [3.8, 4) is 0 Å². The van der Waals surface area contributed by atoms with Crippen molar-refractivity contribution in [3.63, 3.8) is 0 Å². The smallest absolute Gasteiger partial charge is 0.103 e. The van der Waals surface area contributed by atoms with E-state index < -0.39 is 0 Å². The van der Waals surface area contributed by atoms with Gasteiger partial charge in [-0.1, -0.05) is 50.3 Å². The first-order chi connectivity index (χ1) is 9.37. The molecule has 1 aromatic carbocycles. The molecule has 0 aliphatic heterocycles. The molecule has 1 aliphatic rings. The van der Waals surface area contributed by atoms with Crippen molar-refractivity contribution in [1.82, 2.24) is 4.90 Å². The Hall–Kier alpha value is -0.930. The Labute approximate surface area is 128 Å². The van der Waals surface area contributed by atoms with Gasteiger partial charge in [0.1, 0.15) is 4.99 Å². The second-order valence-corrected chi connectivity index (χ2v) is 7.31. The number of nitrogens with zero attached hydrogens (tertiary/aromatic N) is 1. The number of thiocarbonyl (C=S) groups is 1. The third kappa shape index (κ3) is 4.03. The summed E-state index contributed by atoms with van der Waals surface area (Å²) < 4.78 is 0. The number of hydrogen-bond donors (Lipinski definition) is 1. The first-order valence-corrected chi connectivity index (χ1v) is 7.87. The molecular weight excluding hydrogens is 264 g/mol. The van der Waals surface area contributed by atoms with Crippen LogP contribution in [-0.2, 0) is 6.54 Å². The summed E-state index contributed by atoms with van der Waals surface area (Å²) in [7, 11) is 2.24. The van der Waals surface area contributed by atoms with Crippen LogP contribution >= 0.6 is 12.2 Å². The summed E-state index contributed by atoms with van der Waals surface area (Å²) in [6, 6.07) is 9.04. The van der Waals surface area contributed by atoms with Gasteiger partial charge in [0.05, 0.1) is 0 Å². The van der Waals surface area contributed by atoms with Gasteiger partial charge in [-0.3, -0.25) is 4.90 Å². The van der Waals surface area contributed by atoms with E-state index in [4.69, 9.17) is 18.0 Å². The summed E-state index contributed by atoms with van der Waals surface area (Å²) in [5.41, 5.74) is 8.45. The monoisotopic (exact) mass is 290 g/mol. The van der Waals surface area contributed by atoms with Gasteiger partial charge in [-0.15, -0.1) is 0 Å². The maximum atomic E-state index is 5.63. The molecule has 110 valence electrons. The van der Waals surface area contributed by atoms with Crippen LogP contribution in [0.1, 0.15) is 50.7 Å². The zero-order valence-corrected chi connectivity index (χ0v) is 13.7. The zero-order valence-electron chi connectivity index (χ0n) is 12.9. The molecule has 2 nitrogen and oxygen atoms in total. The third-order valence-electron chi connectivity index (χ3n) is 4.60. The summed E-state index contributed by atoms with van der Waals surface area (Å²) in [6.07, 6.45) is 5.30. The third-order valence-corrected chi connectivity index (χ3v) is 4.84. The van der Waals surface area contributed by atoms with Crippen LogP contribution < -0.4 is 5.73 Å². The minimum atomic E-state index is 0.472. The average molecular weight is 290 g/mol. The lowest BCUT2D eigenvalue weighted by Gasteiger charge is -2.38. The van der Waals surface area contributed by atoms with Gasteiger partial charge in [0.15, 0.2) is 0 Å². The number of nitrogens with two attached hydrogens (primary N) is 1. The van der Waals surface area contributed by atoms with E-state index in [1.807, 2.05) is 12.1 Å². The van der Waals surface area contributed by atoms with Gasteiger partial charge in [0.25, 0.3) is 0 Å². The highest BCUT2D eigenvalue weighted by atomic mass is 32.1. The molecule has 0 heterocycles. The highest BCUT2D eigenvalue weighted by Crippen LogP contribution is 2.36. The van der Waals surface area contributed by atoms with E-state index in [0.717, 1.165) is 18.2 Å². The van der Waals surface area contributed by atoms with Crippen LogP contribution in [0.4, 0.5) is 0 Å². The Morgan fingerprint density at radius 2 is 1.80 bits per heavy atom. The summed E-state index contributed by atoms with van der Waals surface area (Å²) >= 11 is 4.98. The van der Waals surface area contributed by atoms with Crippen molar-refractivity contribution in [2.75, 3.05) is 7.05 Å². The van der Waals surface area contributed by atoms with Gasteiger partial charge in [0, 0.05) is 18.2 Å². The maximum absolute atomic E-state index is 5.63. The lowest BCUT2D eigenvalue weighted by atomic mass is 9.75. The average Bonchev–Trinajstić information content (AvgIpc) is 2.39. The maximum Gasteiger partial charge on any atom is 0.103 e. The molecule has 0 saturated heterocycles. The van der Waals surface area contributed by atoms with Crippen LogP contribution in [0.15, 0.2) is 24.3 Å². The minimum absolute atomic E-state index is 0.472. The largest absolute Gasteiger partial charge is 0.389 e. The Bertz CT molecular complexity index is 454. The highest BCUT2D eigenvalue weighted by Gasteiger charge is 2.28. The molecule has 0 spiro atoms. The van der Waals surface area contributed by atoms with Gasteiger partial charge in [0.2, 0.25) is 0 Å². The predicted molar refractivity (Wildman–Crippen MR) is 89.8 cm³/mol. The lowest BCUT2D eigenvalue weighted by molar-refractivity contribution is 0.123. The summed E-state index contributed by atoms with van der Waals surface area (Å²) in [6.45, 7) is 5.78. The molecule has 0 amide bonds. The molecule has 1 fully saturated rings. The Morgan fingerprint density at radius 1 is 1.25 bits per heavy atom. The van der Waals surface area contributed by atoms with E-state index in [1.165, 1.54) is 31.2 Å². The van der Waals surface area contributed by atoms with Crippen molar-refractivity contribution >= 4 is 17.2 Å². The van der Waals surface area contributed by atoms with Gasteiger partial charge in [-0.25, -0.2) is 0 Å². The van der Waals surface area contributed by atoms with Crippen molar-refractivity contribution in [2.24, 2.45) is 11.1 Å². The molecule has 0 aromatic heterocycles. The SMILES string of the molecule is CN(Cc1ccc(C(N)=S)cc1)C1CCC(C)(C)CC1. The Balaban J connectivity index is 1.91. The summed E-state index contributed by atoms with van der Waals surface area (Å²) in [5.74, 6) is 0. The fourth-order valence-electron chi connectivity index (χ4n) is 3.02. The Kier molecular flexibility index (Phi) is 4.82. The molecule has 2 rings (SSSR count). The Morgan fingerprint density at radius 3 is 2.30 bits per heavy atom. The van der Waals surface area contributed by atoms with E-state index in [9.17, 15) is 0 Å². The van der Waals surface area contributed by atoms with E-state index in [-0.39, 0.29) is 0 Å². The second-order valence-electron chi connectivity index (χ2n) is 6.87. The molecule has 1 aromatic rings. The molecule has 2 N–H and O–H groups in total. The van der Waals surface area contributed by atoms with Crippen molar-refractivity contribution in [2.45, 2.75) is 52.1 Å². The minimum Gasteiger partial charge on any atom is -0.389 e. The first kappa shape index (κ1) is 15.5. The van der Waals surface area contributed by atoms with Crippen molar-refractivity contribution in [1.29, 1.82) is 0 Å². The normalized spacial score (nSPS) is 19.2. The van der Waals surface area contributed by atoms with Gasteiger partial charge in [-0.05, 0) is 43.7 Å². The van der Waals surface area contributed by atoms with Crippen LogP contribution in [0.3, 0.4) is 0 Å². The van der Waals surface area contributed by atoms with Crippen LogP contribution in [0.5, 0.6) is 0 Å². The van der Waals surface area contributed by atoms with Crippen LogP contribution in [0.25, 0.3) is 0 Å². The van der Waals surface area contributed by atoms with Gasteiger partial charge in [-0.2, -0.15) is 0 Å². The molecule has 0 unspecified atom stereocenters. The quantitative estimate of drug-likeness (QED) is 0.857. The van der Waals surface area contributed by atoms with E-state index in [1.54, 1.807) is 0 Å². The van der Waals surface area contributed by atoms with Crippen molar-refractivity contribution < 1.29 is 0 Å². The molecule has 0 radical (unpaired) electrons. The van der Waals surface area contributed by atoms with Gasteiger partial charge >= 0.3 is 0 Å². The van der Waals surface area contributed by atoms with Crippen LogP contribution in [-0.4, -0.2) is 23.0 Å². The number of hydrogen-bond acceptors (Lipinski definition) is 2. The molecular formula is C17H26N2S. The summed E-state index contributed by atoms with van der Waals surface area (Å²) in [4.78, 5) is 2.96.